The molecule has 1 aromatic carbocycles. The standard InChI is InChI=1S/C13H16BrFN4/c1-3-19-13(11(14)7-17-19)12(18-16)9-4-8(2)5-10(15)6-9/h4-7,12,18H,3,16H2,1-2H3. The van der Waals surface area contributed by atoms with Crippen LogP contribution < -0.4 is 11.3 Å². The zero-order valence-corrected chi connectivity index (χ0v) is 12.4. The summed E-state index contributed by atoms with van der Waals surface area (Å²) in [7, 11) is 0. The fourth-order valence-electron chi connectivity index (χ4n) is 2.18. The minimum absolute atomic E-state index is 0.270. The molecule has 0 aliphatic rings. The van der Waals surface area contributed by atoms with Gasteiger partial charge in [-0.2, -0.15) is 5.10 Å². The van der Waals surface area contributed by atoms with Crippen molar-refractivity contribution in [2.45, 2.75) is 26.4 Å². The Labute approximate surface area is 119 Å². The van der Waals surface area contributed by atoms with Crippen LogP contribution in [0.25, 0.3) is 0 Å². The van der Waals surface area contributed by atoms with Gasteiger partial charge < -0.3 is 0 Å². The maximum atomic E-state index is 13.5. The molecule has 1 unspecified atom stereocenters. The van der Waals surface area contributed by atoms with E-state index in [0.29, 0.717) is 6.54 Å². The van der Waals surface area contributed by atoms with E-state index in [9.17, 15) is 4.39 Å². The van der Waals surface area contributed by atoms with Crippen molar-refractivity contribution in [3.63, 3.8) is 0 Å². The summed E-state index contributed by atoms with van der Waals surface area (Å²) in [5.41, 5.74) is 5.25. The quantitative estimate of drug-likeness (QED) is 0.671. The second-order valence-electron chi connectivity index (χ2n) is 4.36. The molecule has 102 valence electrons. The molecule has 19 heavy (non-hydrogen) atoms. The van der Waals surface area contributed by atoms with Crippen LogP contribution in [-0.2, 0) is 6.54 Å². The number of benzene rings is 1. The van der Waals surface area contributed by atoms with Crippen LogP contribution in [0.2, 0.25) is 0 Å². The number of hydrogen-bond donors (Lipinski definition) is 2. The van der Waals surface area contributed by atoms with E-state index >= 15 is 0 Å². The van der Waals surface area contributed by atoms with Gasteiger partial charge in [0, 0.05) is 6.54 Å². The number of aromatic nitrogens is 2. The molecule has 1 heterocycles. The average Bonchev–Trinajstić information content (AvgIpc) is 2.71. The highest BCUT2D eigenvalue weighted by molar-refractivity contribution is 9.10. The van der Waals surface area contributed by atoms with Crippen LogP contribution >= 0.6 is 15.9 Å². The lowest BCUT2D eigenvalue weighted by Gasteiger charge is -2.19. The maximum Gasteiger partial charge on any atom is 0.123 e. The van der Waals surface area contributed by atoms with Gasteiger partial charge in [0.25, 0.3) is 0 Å². The van der Waals surface area contributed by atoms with E-state index in [0.717, 1.165) is 21.3 Å². The first kappa shape index (κ1) is 14.2. The number of nitrogens with two attached hydrogens (primary N) is 1. The third kappa shape index (κ3) is 2.86. The van der Waals surface area contributed by atoms with Gasteiger partial charge in [0.05, 0.1) is 22.4 Å². The van der Waals surface area contributed by atoms with Crippen molar-refractivity contribution in [1.29, 1.82) is 0 Å². The summed E-state index contributed by atoms with van der Waals surface area (Å²) in [5, 5.41) is 4.25. The van der Waals surface area contributed by atoms with Crippen LogP contribution in [-0.4, -0.2) is 9.78 Å². The minimum atomic E-state index is -0.314. The van der Waals surface area contributed by atoms with Crippen LogP contribution in [0.1, 0.15) is 29.8 Å². The van der Waals surface area contributed by atoms with E-state index < -0.39 is 0 Å². The number of nitrogens with zero attached hydrogens (tertiary/aromatic N) is 2. The molecule has 0 amide bonds. The Bertz CT molecular complexity index is 562. The van der Waals surface area contributed by atoms with Crippen molar-refractivity contribution in [3.8, 4) is 0 Å². The predicted octanol–water partition coefficient (Wildman–Crippen LogP) is 2.67. The van der Waals surface area contributed by atoms with Crippen molar-refractivity contribution in [2.24, 2.45) is 5.84 Å². The molecule has 2 aromatic rings. The monoisotopic (exact) mass is 326 g/mol. The molecule has 0 radical (unpaired) electrons. The summed E-state index contributed by atoms with van der Waals surface area (Å²) < 4.78 is 16.2. The molecule has 0 aliphatic heterocycles. The van der Waals surface area contributed by atoms with Crippen LogP contribution in [0.4, 0.5) is 4.39 Å². The molecule has 4 nitrogen and oxygen atoms in total. The van der Waals surface area contributed by atoms with Gasteiger partial charge in [-0.25, -0.2) is 9.82 Å². The highest BCUT2D eigenvalue weighted by Crippen LogP contribution is 2.29. The van der Waals surface area contributed by atoms with E-state index in [1.54, 1.807) is 6.20 Å². The van der Waals surface area contributed by atoms with E-state index in [1.807, 2.05) is 24.6 Å². The van der Waals surface area contributed by atoms with Gasteiger partial charge in [-0.15, -0.1) is 0 Å². The van der Waals surface area contributed by atoms with Gasteiger partial charge in [0.1, 0.15) is 5.82 Å². The van der Waals surface area contributed by atoms with Crippen LogP contribution in [0.15, 0.2) is 28.9 Å². The van der Waals surface area contributed by atoms with Crippen molar-refractivity contribution in [1.82, 2.24) is 15.2 Å². The number of aryl methyl sites for hydroxylation is 2. The van der Waals surface area contributed by atoms with Gasteiger partial charge in [-0.05, 0) is 53.0 Å². The third-order valence-corrected chi connectivity index (χ3v) is 3.58. The second-order valence-corrected chi connectivity index (χ2v) is 5.21. The summed E-state index contributed by atoms with van der Waals surface area (Å²) in [5.74, 6) is 5.38. The van der Waals surface area contributed by atoms with Crippen molar-refractivity contribution in [3.05, 3.63) is 51.5 Å². The maximum absolute atomic E-state index is 13.5. The summed E-state index contributed by atoms with van der Waals surface area (Å²) in [4.78, 5) is 0. The highest BCUT2D eigenvalue weighted by Gasteiger charge is 2.21. The summed E-state index contributed by atoms with van der Waals surface area (Å²) in [6.45, 7) is 4.56. The molecule has 0 bridgehead atoms. The molecule has 0 fully saturated rings. The lowest BCUT2D eigenvalue weighted by Crippen LogP contribution is -2.31. The number of nitrogens with one attached hydrogen (secondary N) is 1. The zero-order valence-electron chi connectivity index (χ0n) is 10.8. The molecule has 1 atom stereocenters. The van der Waals surface area contributed by atoms with Gasteiger partial charge >= 0.3 is 0 Å². The first-order valence-corrected chi connectivity index (χ1v) is 6.80. The molecule has 0 saturated heterocycles. The van der Waals surface area contributed by atoms with Gasteiger partial charge in [0.15, 0.2) is 0 Å². The van der Waals surface area contributed by atoms with Crippen LogP contribution in [0.5, 0.6) is 0 Å². The predicted molar refractivity (Wildman–Crippen MR) is 75.9 cm³/mol. The number of halogens is 2. The second kappa shape index (κ2) is 5.81. The Morgan fingerprint density at radius 2 is 2.21 bits per heavy atom. The van der Waals surface area contributed by atoms with Gasteiger partial charge in [-0.3, -0.25) is 10.5 Å². The number of hydrazine groups is 1. The largest absolute Gasteiger partial charge is 0.271 e. The lowest BCUT2D eigenvalue weighted by atomic mass is 10.0. The zero-order chi connectivity index (χ0) is 14.0. The van der Waals surface area contributed by atoms with Crippen molar-refractivity contribution >= 4 is 15.9 Å². The molecule has 6 heteroatoms. The fraction of sp³-hybridized carbons (Fsp3) is 0.308. The molecule has 2 rings (SSSR count). The molecule has 3 N–H and O–H groups in total. The van der Waals surface area contributed by atoms with Crippen LogP contribution in [0, 0.1) is 12.7 Å². The van der Waals surface area contributed by atoms with E-state index in [-0.39, 0.29) is 11.9 Å². The first-order chi connectivity index (χ1) is 9.06. The molecular weight excluding hydrogens is 311 g/mol. The Hall–Kier alpha value is -1.24. The molecule has 0 aliphatic carbocycles. The van der Waals surface area contributed by atoms with Gasteiger partial charge in [-0.1, -0.05) is 6.07 Å². The first-order valence-electron chi connectivity index (χ1n) is 6.01. The summed E-state index contributed by atoms with van der Waals surface area (Å²) >= 11 is 3.46. The Morgan fingerprint density at radius 3 is 2.79 bits per heavy atom. The fourth-order valence-corrected chi connectivity index (χ4v) is 2.70. The summed E-state index contributed by atoms with van der Waals surface area (Å²) in [6, 6.07) is 4.57. The van der Waals surface area contributed by atoms with E-state index in [2.05, 4.69) is 26.5 Å². The average molecular weight is 327 g/mol. The topological polar surface area (TPSA) is 55.9 Å². The molecule has 0 saturated carbocycles. The normalized spacial score (nSPS) is 12.7. The lowest BCUT2D eigenvalue weighted by molar-refractivity contribution is 0.537. The summed E-state index contributed by atoms with van der Waals surface area (Å²) in [6.07, 6.45) is 1.72. The number of hydrogen-bond acceptors (Lipinski definition) is 3. The van der Waals surface area contributed by atoms with E-state index in [1.165, 1.54) is 12.1 Å². The molecule has 1 aromatic heterocycles. The highest BCUT2D eigenvalue weighted by atomic mass is 79.9. The van der Waals surface area contributed by atoms with Crippen molar-refractivity contribution < 1.29 is 4.39 Å². The van der Waals surface area contributed by atoms with Crippen molar-refractivity contribution in [2.75, 3.05) is 0 Å². The number of rotatable bonds is 4. The minimum Gasteiger partial charge on any atom is -0.271 e. The Morgan fingerprint density at radius 1 is 1.47 bits per heavy atom. The smallest absolute Gasteiger partial charge is 0.123 e. The van der Waals surface area contributed by atoms with Crippen LogP contribution in [0.3, 0.4) is 0 Å². The Kier molecular flexibility index (Phi) is 4.34. The third-order valence-electron chi connectivity index (χ3n) is 2.97. The molecule has 0 spiro atoms. The molecular formula is C13H16BrFN4. The van der Waals surface area contributed by atoms with E-state index in [4.69, 9.17) is 5.84 Å². The van der Waals surface area contributed by atoms with Gasteiger partial charge in [0.2, 0.25) is 0 Å². The Balaban J connectivity index is 2.52. The SMILES string of the molecule is CCn1ncc(Br)c1C(NN)c1cc(C)cc(F)c1.